The second-order valence-corrected chi connectivity index (χ2v) is 11.1. The van der Waals surface area contributed by atoms with Gasteiger partial charge < -0.3 is 15.0 Å². The van der Waals surface area contributed by atoms with Crippen molar-refractivity contribution >= 4 is 34.0 Å². The molecule has 3 N–H and O–H groups in total. The van der Waals surface area contributed by atoms with Gasteiger partial charge in [-0.05, 0) is 37.5 Å². The molecule has 0 saturated carbocycles. The van der Waals surface area contributed by atoms with Gasteiger partial charge in [0.25, 0.3) is 0 Å². The van der Waals surface area contributed by atoms with Crippen LogP contribution in [0.15, 0.2) is 18.2 Å². The monoisotopic (exact) mass is 455 g/mol. The highest BCUT2D eigenvalue weighted by atomic mass is 32.3. The van der Waals surface area contributed by atoms with Crippen molar-refractivity contribution in [3.8, 4) is 0 Å². The Labute approximate surface area is 183 Å². The highest BCUT2D eigenvalue weighted by Crippen LogP contribution is 2.62. The van der Waals surface area contributed by atoms with E-state index in [9.17, 15) is 23.1 Å². The summed E-state index contributed by atoms with van der Waals surface area (Å²) in [5.74, 6) is 0.445. The minimum atomic E-state index is -2.38. The SMILES string of the molecule is CCCC(=O)NCC1CN(c2ccc(N3CCC4(CC3)CS(O)(O)C4)c(F)c2)C(=O)O1. The van der Waals surface area contributed by atoms with Crippen molar-refractivity contribution in [1.82, 2.24) is 5.32 Å². The van der Waals surface area contributed by atoms with Gasteiger partial charge in [0, 0.05) is 36.4 Å². The van der Waals surface area contributed by atoms with Gasteiger partial charge in [-0.25, -0.2) is 9.18 Å². The number of ether oxygens (including phenoxy) is 1. The van der Waals surface area contributed by atoms with Gasteiger partial charge in [0.1, 0.15) is 11.9 Å². The second kappa shape index (κ2) is 8.48. The van der Waals surface area contributed by atoms with Crippen LogP contribution in [-0.4, -0.2) is 64.9 Å². The summed E-state index contributed by atoms with van der Waals surface area (Å²) in [6.07, 6.45) is 1.78. The van der Waals surface area contributed by atoms with Crippen molar-refractivity contribution in [2.45, 2.75) is 38.7 Å². The Morgan fingerprint density at radius 1 is 1.32 bits per heavy atom. The molecule has 3 aliphatic rings. The predicted octanol–water partition coefficient (Wildman–Crippen LogP) is 3.42. The number of nitrogens with zero attached hydrogens (tertiary/aromatic N) is 2. The number of halogens is 1. The fourth-order valence-electron chi connectivity index (χ4n) is 4.75. The third kappa shape index (κ3) is 4.75. The molecule has 10 heteroatoms. The molecule has 0 aromatic heterocycles. The molecule has 0 bridgehead atoms. The lowest BCUT2D eigenvalue weighted by atomic mass is 9.81. The zero-order chi connectivity index (χ0) is 22.2. The van der Waals surface area contributed by atoms with Crippen molar-refractivity contribution in [1.29, 1.82) is 0 Å². The molecule has 3 fully saturated rings. The van der Waals surface area contributed by atoms with Crippen LogP contribution < -0.4 is 15.1 Å². The van der Waals surface area contributed by atoms with Crippen LogP contribution in [0.3, 0.4) is 0 Å². The van der Waals surface area contributed by atoms with Crippen molar-refractivity contribution in [3.63, 3.8) is 0 Å². The van der Waals surface area contributed by atoms with Gasteiger partial charge in [-0.15, -0.1) is 0 Å². The van der Waals surface area contributed by atoms with Gasteiger partial charge in [0.05, 0.1) is 24.5 Å². The van der Waals surface area contributed by atoms with E-state index in [0.717, 1.165) is 19.3 Å². The molecule has 4 rings (SSSR count). The Morgan fingerprint density at radius 3 is 2.65 bits per heavy atom. The molecule has 8 nitrogen and oxygen atoms in total. The summed E-state index contributed by atoms with van der Waals surface area (Å²) in [4.78, 5) is 27.2. The number of nitrogens with one attached hydrogen (secondary N) is 1. The summed E-state index contributed by atoms with van der Waals surface area (Å²) in [6.45, 7) is 3.73. The second-order valence-electron chi connectivity index (χ2n) is 8.88. The van der Waals surface area contributed by atoms with Crippen LogP contribution in [0.5, 0.6) is 0 Å². The van der Waals surface area contributed by atoms with Crippen LogP contribution in [0.4, 0.5) is 20.6 Å². The Hall–Kier alpha value is -2.04. The molecule has 3 heterocycles. The van der Waals surface area contributed by atoms with E-state index in [2.05, 4.69) is 5.32 Å². The summed E-state index contributed by atoms with van der Waals surface area (Å²) in [6, 6.07) is 4.74. The molecular formula is C21H30FN3O5S. The number of benzene rings is 1. The van der Waals surface area contributed by atoms with Crippen molar-refractivity contribution in [3.05, 3.63) is 24.0 Å². The molecular weight excluding hydrogens is 425 g/mol. The average Bonchev–Trinajstić information content (AvgIpc) is 3.07. The third-order valence-corrected chi connectivity index (χ3v) is 8.51. The van der Waals surface area contributed by atoms with Crippen molar-refractivity contribution in [2.24, 2.45) is 5.41 Å². The van der Waals surface area contributed by atoms with Gasteiger partial charge >= 0.3 is 6.09 Å². The molecule has 31 heavy (non-hydrogen) atoms. The lowest BCUT2D eigenvalue weighted by molar-refractivity contribution is -0.121. The fourth-order valence-corrected chi connectivity index (χ4v) is 7.21. The first-order chi connectivity index (χ1) is 14.7. The predicted molar refractivity (Wildman–Crippen MR) is 118 cm³/mol. The Balaban J connectivity index is 1.35. The smallest absolute Gasteiger partial charge is 0.414 e. The zero-order valence-electron chi connectivity index (χ0n) is 17.7. The molecule has 1 atom stereocenters. The maximum absolute atomic E-state index is 14.9. The maximum Gasteiger partial charge on any atom is 0.414 e. The summed E-state index contributed by atoms with van der Waals surface area (Å²) in [5.41, 5.74) is 0.905. The number of carbonyl (C=O) groups is 2. The van der Waals surface area contributed by atoms with E-state index in [1.165, 1.54) is 11.0 Å². The number of carbonyl (C=O) groups excluding carboxylic acids is 2. The minimum Gasteiger partial charge on any atom is -0.442 e. The average molecular weight is 456 g/mol. The van der Waals surface area contributed by atoms with E-state index in [1.807, 2.05) is 11.8 Å². The summed E-state index contributed by atoms with van der Waals surface area (Å²) >= 11 is 0. The molecule has 1 spiro atoms. The molecule has 3 saturated heterocycles. The minimum absolute atomic E-state index is 0.00732. The van der Waals surface area contributed by atoms with E-state index < -0.39 is 28.6 Å². The van der Waals surface area contributed by atoms with Gasteiger partial charge in [-0.3, -0.25) is 18.8 Å². The van der Waals surface area contributed by atoms with Crippen molar-refractivity contribution in [2.75, 3.05) is 47.5 Å². The fraction of sp³-hybridized carbons (Fsp3) is 0.619. The summed E-state index contributed by atoms with van der Waals surface area (Å²) in [7, 11) is -2.38. The molecule has 172 valence electrons. The molecule has 2 amide bonds. The first kappa shape index (κ1) is 22.2. The molecule has 1 aromatic carbocycles. The van der Waals surface area contributed by atoms with E-state index >= 15 is 0 Å². The van der Waals surface area contributed by atoms with Crippen LogP contribution >= 0.6 is 10.6 Å². The number of anilines is 2. The van der Waals surface area contributed by atoms with E-state index in [4.69, 9.17) is 4.74 Å². The van der Waals surface area contributed by atoms with E-state index in [0.29, 0.717) is 42.4 Å². The number of amides is 2. The number of cyclic esters (lactones) is 1. The molecule has 3 aliphatic heterocycles. The lowest BCUT2D eigenvalue weighted by Crippen LogP contribution is -2.52. The van der Waals surface area contributed by atoms with Crippen LogP contribution in [0, 0.1) is 11.2 Å². The largest absolute Gasteiger partial charge is 0.442 e. The number of rotatable bonds is 6. The summed E-state index contributed by atoms with van der Waals surface area (Å²) in [5, 5.41) is 2.75. The Kier molecular flexibility index (Phi) is 6.06. The van der Waals surface area contributed by atoms with Gasteiger partial charge in [0.2, 0.25) is 5.91 Å². The van der Waals surface area contributed by atoms with Crippen LogP contribution in [-0.2, 0) is 9.53 Å². The van der Waals surface area contributed by atoms with Crippen LogP contribution in [0.1, 0.15) is 32.6 Å². The maximum atomic E-state index is 14.9. The first-order valence-electron chi connectivity index (χ1n) is 10.7. The first-order valence-corrected chi connectivity index (χ1v) is 12.6. The quantitative estimate of drug-likeness (QED) is 0.608. The Bertz CT molecular complexity index is 849. The third-order valence-electron chi connectivity index (χ3n) is 6.36. The highest BCUT2D eigenvalue weighted by Gasteiger charge is 2.49. The Morgan fingerprint density at radius 2 is 2.03 bits per heavy atom. The van der Waals surface area contributed by atoms with Crippen LogP contribution in [0.25, 0.3) is 0 Å². The highest BCUT2D eigenvalue weighted by molar-refractivity contribution is 8.25. The van der Waals surface area contributed by atoms with Gasteiger partial charge in [0.15, 0.2) is 0 Å². The lowest BCUT2D eigenvalue weighted by Gasteiger charge is -2.58. The summed E-state index contributed by atoms with van der Waals surface area (Å²) < 4.78 is 39.6. The standard InChI is InChI=1S/C21H30FN3O5S/c1-2-3-19(26)23-11-16-12-25(20(27)30-16)15-4-5-18(17(22)10-15)24-8-6-21(7-9-24)13-31(28,29)14-21/h4-5,10,16,28-29H,2-3,6-9,11-14H2,1H3,(H,23,26). The van der Waals surface area contributed by atoms with E-state index in [1.54, 1.807) is 12.1 Å². The number of piperidine rings is 1. The van der Waals surface area contributed by atoms with Gasteiger partial charge in [-0.2, -0.15) is 10.6 Å². The number of hydrogen-bond acceptors (Lipinski definition) is 6. The molecule has 1 aromatic rings. The normalized spacial score (nSPS) is 25.2. The van der Waals surface area contributed by atoms with Gasteiger partial charge in [-0.1, -0.05) is 6.92 Å². The molecule has 0 aliphatic carbocycles. The number of hydrogen-bond donors (Lipinski definition) is 3. The zero-order valence-corrected chi connectivity index (χ0v) is 18.5. The molecule has 0 radical (unpaired) electrons. The van der Waals surface area contributed by atoms with Crippen molar-refractivity contribution < 1.29 is 27.8 Å². The van der Waals surface area contributed by atoms with E-state index in [-0.39, 0.29) is 24.4 Å². The molecule has 1 unspecified atom stereocenters. The topological polar surface area (TPSA) is 102 Å². The van der Waals surface area contributed by atoms with Crippen LogP contribution in [0.2, 0.25) is 0 Å².